The van der Waals surface area contributed by atoms with E-state index in [9.17, 15) is 4.79 Å². The van der Waals surface area contributed by atoms with Gasteiger partial charge in [-0.15, -0.1) is 0 Å². The van der Waals surface area contributed by atoms with E-state index in [0.717, 1.165) is 0 Å². The van der Waals surface area contributed by atoms with Gasteiger partial charge in [-0.3, -0.25) is 4.79 Å². The molecule has 0 N–H and O–H groups in total. The molecule has 0 bridgehead atoms. The Kier molecular flexibility index (Phi) is 2.12. The first-order valence-corrected chi connectivity index (χ1v) is 4.17. The fraction of sp³-hybridized carbons (Fsp3) is 0.375. The molecule has 72 valence electrons. The van der Waals surface area contributed by atoms with Crippen molar-refractivity contribution in [2.45, 2.75) is 6.04 Å². The molecule has 0 aliphatic carbocycles. The SMILES string of the molecule is [N-]=[N+]=NC1CN(C(=O)c2ccoc2)C1. The highest BCUT2D eigenvalue weighted by Crippen LogP contribution is 2.15. The standard InChI is InChI=1S/C8H8N4O2/c9-11-10-7-3-12(4-7)8(13)6-1-2-14-5-6/h1-2,5,7H,3-4H2. The molecule has 0 saturated carbocycles. The summed E-state index contributed by atoms with van der Waals surface area (Å²) in [5.74, 6) is -0.0804. The minimum absolute atomic E-state index is 0.0733. The van der Waals surface area contributed by atoms with Crippen LogP contribution in [0.5, 0.6) is 0 Å². The number of likely N-dealkylation sites (tertiary alicyclic amines) is 1. The molecule has 1 saturated heterocycles. The average molecular weight is 192 g/mol. The second-order valence-electron chi connectivity index (χ2n) is 3.08. The van der Waals surface area contributed by atoms with Crippen molar-refractivity contribution in [3.8, 4) is 0 Å². The third kappa shape index (κ3) is 1.43. The zero-order valence-corrected chi connectivity index (χ0v) is 7.33. The van der Waals surface area contributed by atoms with E-state index in [1.54, 1.807) is 11.0 Å². The fourth-order valence-electron chi connectivity index (χ4n) is 1.34. The van der Waals surface area contributed by atoms with Gasteiger partial charge in [0.25, 0.3) is 5.91 Å². The van der Waals surface area contributed by atoms with Gasteiger partial charge in [0.15, 0.2) is 0 Å². The predicted molar refractivity (Wildman–Crippen MR) is 47.5 cm³/mol. The molecule has 2 rings (SSSR count). The maximum atomic E-state index is 11.6. The summed E-state index contributed by atoms with van der Waals surface area (Å²) in [5, 5.41) is 3.51. The number of rotatable bonds is 2. The van der Waals surface area contributed by atoms with Crippen LogP contribution in [0.15, 0.2) is 28.1 Å². The van der Waals surface area contributed by atoms with Crippen molar-refractivity contribution in [1.29, 1.82) is 0 Å². The second kappa shape index (κ2) is 3.43. The molecule has 1 aliphatic rings. The van der Waals surface area contributed by atoms with Gasteiger partial charge in [-0.2, -0.15) is 0 Å². The van der Waals surface area contributed by atoms with Crippen LogP contribution in [0.4, 0.5) is 0 Å². The Morgan fingerprint density at radius 2 is 2.50 bits per heavy atom. The van der Waals surface area contributed by atoms with Crippen molar-refractivity contribution in [3.63, 3.8) is 0 Å². The third-order valence-electron chi connectivity index (χ3n) is 2.13. The van der Waals surface area contributed by atoms with Crippen LogP contribution in [0, 0.1) is 0 Å². The highest BCUT2D eigenvalue weighted by molar-refractivity contribution is 5.94. The molecule has 1 aliphatic heterocycles. The van der Waals surface area contributed by atoms with Gasteiger partial charge in [-0.1, -0.05) is 5.11 Å². The van der Waals surface area contributed by atoms with Crippen LogP contribution in [0.3, 0.4) is 0 Å². The van der Waals surface area contributed by atoms with Gasteiger partial charge in [0.05, 0.1) is 17.9 Å². The van der Waals surface area contributed by atoms with E-state index in [2.05, 4.69) is 10.0 Å². The van der Waals surface area contributed by atoms with E-state index in [4.69, 9.17) is 9.95 Å². The van der Waals surface area contributed by atoms with Crippen molar-refractivity contribution in [2.75, 3.05) is 13.1 Å². The number of hydrogen-bond acceptors (Lipinski definition) is 3. The van der Waals surface area contributed by atoms with E-state index in [1.807, 2.05) is 0 Å². The predicted octanol–water partition coefficient (Wildman–Crippen LogP) is 1.41. The lowest BCUT2D eigenvalue weighted by Crippen LogP contribution is -2.52. The molecule has 0 radical (unpaired) electrons. The highest BCUT2D eigenvalue weighted by atomic mass is 16.3. The molecular formula is C8H8N4O2. The topological polar surface area (TPSA) is 82.2 Å². The van der Waals surface area contributed by atoms with Crippen LogP contribution >= 0.6 is 0 Å². The summed E-state index contributed by atoms with van der Waals surface area (Å²) in [4.78, 5) is 15.9. The number of azide groups is 1. The Hall–Kier alpha value is -1.94. The lowest BCUT2D eigenvalue weighted by molar-refractivity contribution is 0.0608. The molecule has 1 aromatic rings. The van der Waals surface area contributed by atoms with Crippen LogP contribution < -0.4 is 0 Å². The first kappa shape index (κ1) is 8.65. The largest absolute Gasteiger partial charge is 0.472 e. The summed E-state index contributed by atoms with van der Waals surface area (Å²) in [5.41, 5.74) is 8.68. The fourth-order valence-corrected chi connectivity index (χ4v) is 1.34. The van der Waals surface area contributed by atoms with Crippen LogP contribution in [0.2, 0.25) is 0 Å². The summed E-state index contributed by atoms with van der Waals surface area (Å²) >= 11 is 0. The third-order valence-corrected chi connectivity index (χ3v) is 2.13. The smallest absolute Gasteiger partial charge is 0.257 e. The number of hydrogen-bond donors (Lipinski definition) is 0. The summed E-state index contributed by atoms with van der Waals surface area (Å²) in [6.07, 6.45) is 2.86. The van der Waals surface area contributed by atoms with Crippen molar-refractivity contribution < 1.29 is 9.21 Å². The van der Waals surface area contributed by atoms with Gasteiger partial charge in [0, 0.05) is 18.0 Å². The van der Waals surface area contributed by atoms with Crippen molar-refractivity contribution in [2.24, 2.45) is 5.11 Å². The highest BCUT2D eigenvalue weighted by Gasteiger charge is 2.30. The number of carbonyl (C=O) groups is 1. The summed E-state index contributed by atoms with van der Waals surface area (Å²) in [6.45, 7) is 0.988. The Bertz CT molecular complexity index is 374. The van der Waals surface area contributed by atoms with Crippen molar-refractivity contribution in [3.05, 3.63) is 34.6 Å². The van der Waals surface area contributed by atoms with Crippen molar-refractivity contribution in [1.82, 2.24) is 4.90 Å². The minimum atomic E-state index is -0.0804. The molecular weight excluding hydrogens is 184 g/mol. The molecule has 1 aromatic heterocycles. The number of amides is 1. The lowest BCUT2D eigenvalue weighted by atomic mass is 10.1. The molecule has 0 aromatic carbocycles. The van der Waals surface area contributed by atoms with Gasteiger partial charge in [-0.25, -0.2) is 0 Å². The van der Waals surface area contributed by atoms with Crippen LogP contribution in [0.1, 0.15) is 10.4 Å². The van der Waals surface area contributed by atoms with E-state index in [0.29, 0.717) is 18.7 Å². The normalized spacial score (nSPS) is 15.9. The number of furan rings is 1. The van der Waals surface area contributed by atoms with E-state index in [-0.39, 0.29) is 11.9 Å². The molecule has 14 heavy (non-hydrogen) atoms. The summed E-state index contributed by atoms with van der Waals surface area (Å²) in [6, 6.07) is 1.54. The van der Waals surface area contributed by atoms with Gasteiger partial charge in [0.2, 0.25) is 0 Å². The Labute approximate surface area is 79.7 Å². The van der Waals surface area contributed by atoms with Gasteiger partial charge >= 0.3 is 0 Å². The molecule has 6 heteroatoms. The molecule has 0 unspecified atom stereocenters. The molecule has 6 nitrogen and oxygen atoms in total. The molecule has 2 heterocycles. The van der Waals surface area contributed by atoms with Crippen molar-refractivity contribution >= 4 is 5.91 Å². The maximum Gasteiger partial charge on any atom is 0.257 e. The Morgan fingerprint density at radius 3 is 3.07 bits per heavy atom. The summed E-state index contributed by atoms with van der Waals surface area (Å²) in [7, 11) is 0. The van der Waals surface area contributed by atoms with Crippen LogP contribution in [0.25, 0.3) is 10.4 Å². The molecule has 0 spiro atoms. The summed E-state index contributed by atoms with van der Waals surface area (Å²) < 4.78 is 4.80. The van der Waals surface area contributed by atoms with E-state index < -0.39 is 0 Å². The van der Waals surface area contributed by atoms with Gasteiger partial charge < -0.3 is 9.32 Å². The molecule has 1 amide bonds. The molecule has 0 atom stereocenters. The average Bonchev–Trinajstić information content (AvgIpc) is 2.62. The number of carbonyl (C=O) groups excluding carboxylic acids is 1. The minimum Gasteiger partial charge on any atom is -0.472 e. The zero-order chi connectivity index (χ0) is 9.97. The number of nitrogens with zero attached hydrogens (tertiary/aromatic N) is 4. The Morgan fingerprint density at radius 1 is 1.71 bits per heavy atom. The maximum absolute atomic E-state index is 11.6. The lowest BCUT2D eigenvalue weighted by Gasteiger charge is -2.36. The Balaban J connectivity index is 1.94. The first-order valence-electron chi connectivity index (χ1n) is 4.17. The van der Waals surface area contributed by atoms with Crippen LogP contribution in [-0.4, -0.2) is 29.9 Å². The van der Waals surface area contributed by atoms with E-state index in [1.165, 1.54) is 12.5 Å². The van der Waals surface area contributed by atoms with Gasteiger partial charge in [-0.05, 0) is 11.6 Å². The monoisotopic (exact) mass is 192 g/mol. The van der Waals surface area contributed by atoms with E-state index >= 15 is 0 Å². The quantitative estimate of drug-likeness (QED) is 0.403. The second-order valence-corrected chi connectivity index (χ2v) is 3.08. The zero-order valence-electron chi connectivity index (χ0n) is 7.33. The first-order chi connectivity index (χ1) is 6.81. The van der Waals surface area contributed by atoms with Gasteiger partial charge in [0.1, 0.15) is 6.26 Å². The van der Waals surface area contributed by atoms with Crippen LogP contribution in [-0.2, 0) is 0 Å². The molecule has 1 fully saturated rings.